The van der Waals surface area contributed by atoms with Gasteiger partial charge in [-0.1, -0.05) is 6.07 Å². The van der Waals surface area contributed by atoms with Gasteiger partial charge in [0, 0.05) is 24.8 Å². The zero-order valence-electron chi connectivity index (χ0n) is 10.9. The molecule has 2 unspecified atom stereocenters. The number of nitriles is 1. The summed E-state index contributed by atoms with van der Waals surface area (Å²) in [6.07, 6.45) is 0. The molecule has 0 saturated carbocycles. The predicted molar refractivity (Wildman–Crippen MR) is 71.5 cm³/mol. The van der Waals surface area contributed by atoms with Crippen molar-refractivity contribution < 1.29 is 5.11 Å². The van der Waals surface area contributed by atoms with E-state index < -0.39 is 0 Å². The maximum absolute atomic E-state index is 9.52. The van der Waals surface area contributed by atoms with Crippen molar-refractivity contribution >= 4 is 5.69 Å². The predicted octanol–water partition coefficient (Wildman–Crippen LogP) is 1.06. The van der Waals surface area contributed by atoms with Crippen LogP contribution in [0, 0.1) is 11.3 Å². The first kappa shape index (κ1) is 12.9. The zero-order chi connectivity index (χ0) is 13.1. The fourth-order valence-corrected chi connectivity index (χ4v) is 2.41. The summed E-state index contributed by atoms with van der Waals surface area (Å²) in [7, 11) is 2.08. The Bertz CT molecular complexity index is 455. The molecule has 1 saturated heterocycles. The molecule has 2 rings (SSSR count). The maximum Gasteiger partial charge on any atom is 0.0992 e. The molecule has 18 heavy (non-hydrogen) atoms. The third-order valence-electron chi connectivity index (χ3n) is 3.67. The molecule has 4 nitrogen and oxygen atoms in total. The van der Waals surface area contributed by atoms with Gasteiger partial charge in [0.15, 0.2) is 0 Å². The number of aliphatic hydroxyl groups excluding tert-OH is 1. The Morgan fingerprint density at radius 1 is 1.44 bits per heavy atom. The molecule has 0 amide bonds. The number of nitrogens with zero attached hydrogens (tertiary/aromatic N) is 3. The van der Waals surface area contributed by atoms with Gasteiger partial charge in [-0.15, -0.1) is 0 Å². The fraction of sp³-hybridized carbons (Fsp3) is 0.500. The maximum atomic E-state index is 9.52. The van der Waals surface area contributed by atoms with Crippen molar-refractivity contribution in [1.29, 1.82) is 5.26 Å². The Hall–Kier alpha value is -1.57. The summed E-state index contributed by atoms with van der Waals surface area (Å²) in [6.45, 7) is 4.02. The highest BCUT2D eigenvalue weighted by atomic mass is 16.3. The van der Waals surface area contributed by atoms with Crippen molar-refractivity contribution in [3.63, 3.8) is 0 Å². The normalized spacial score (nSPS) is 24.9. The Morgan fingerprint density at radius 2 is 2.22 bits per heavy atom. The van der Waals surface area contributed by atoms with E-state index in [1.165, 1.54) is 0 Å². The number of aliphatic hydroxyl groups is 1. The highest BCUT2D eigenvalue weighted by Gasteiger charge is 2.29. The lowest BCUT2D eigenvalue weighted by molar-refractivity contribution is 0.155. The molecule has 1 aliphatic heterocycles. The van der Waals surface area contributed by atoms with Crippen LogP contribution >= 0.6 is 0 Å². The molecule has 2 atom stereocenters. The molecule has 0 radical (unpaired) electrons. The van der Waals surface area contributed by atoms with Gasteiger partial charge in [-0.05, 0) is 32.2 Å². The molecule has 0 aromatic heterocycles. The van der Waals surface area contributed by atoms with E-state index in [0.717, 1.165) is 18.8 Å². The molecule has 1 heterocycles. The van der Waals surface area contributed by atoms with E-state index in [1.807, 2.05) is 18.2 Å². The van der Waals surface area contributed by atoms with E-state index in [0.29, 0.717) is 11.6 Å². The fourth-order valence-electron chi connectivity index (χ4n) is 2.41. The Balaban J connectivity index is 2.27. The third kappa shape index (κ3) is 2.47. The van der Waals surface area contributed by atoms with Crippen LogP contribution in [0.25, 0.3) is 0 Å². The number of hydrogen-bond donors (Lipinski definition) is 1. The Morgan fingerprint density at radius 3 is 2.89 bits per heavy atom. The monoisotopic (exact) mass is 245 g/mol. The van der Waals surface area contributed by atoms with Gasteiger partial charge in [-0.3, -0.25) is 4.90 Å². The van der Waals surface area contributed by atoms with Crippen LogP contribution < -0.4 is 4.90 Å². The van der Waals surface area contributed by atoms with E-state index in [9.17, 15) is 5.11 Å². The van der Waals surface area contributed by atoms with Crippen LogP contribution in [0.2, 0.25) is 0 Å². The molecule has 0 aliphatic carbocycles. The minimum absolute atomic E-state index is 0.0974. The van der Waals surface area contributed by atoms with Gasteiger partial charge in [-0.2, -0.15) is 5.26 Å². The van der Waals surface area contributed by atoms with Crippen molar-refractivity contribution in [3.8, 4) is 6.07 Å². The van der Waals surface area contributed by atoms with Gasteiger partial charge in [0.05, 0.1) is 24.3 Å². The summed E-state index contributed by atoms with van der Waals surface area (Å²) in [5, 5.41) is 18.5. The van der Waals surface area contributed by atoms with Crippen molar-refractivity contribution in [3.05, 3.63) is 29.8 Å². The molecular formula is C14H19N3O. The number of rotatable bonds is 2. The highest BCUT2D eigenvalue weighted by molar-refractivity contribution is 5.53. The summed E-state index contributed by atoms with van der Waals surface area (Å²) in [5.41, 5.74) is 1.68. The summed E-state index contributed by atoms with van der Waals surface area (Å²) >= 11 is 0. The number of likely N-dealkylation sites (N-methyl/N-ethyl adjacent to an activating group) is 1. The van der Waals surface area contributed by atoms with Gasteiger partial charge < -0.3 is 10.0 Å². The van der Waals surface area contributed by atoms with Crippen LogP contribution in [-0.2, 0) is 0 Å². The van der Waals surface area contributed by atoms with Gasteiger partial charge >= 0.3 is 0 Å². The summed E-state index contributed by atoms with van der Waals surface area (Å²) in [4.78, 5) is 4.46. The second kappa shape index (κ2) is 5.38. The molecule has 0 bridgehead atoms. The molecule has 0 spiro atoms. The Kier molecular flexibility index (Phi) is 3.85. The SMILES string of the molecule is CC1CN(c2cccc(C#N)c2)C(CO)CN1C. The smallest absolute Gasteiger partial charge is 0.0992 e. The molecule has 96 valence electrons. The van der Waals surface area contributed by atoms with Crippen molar-refractivity contribution in [2.24, 2.45) is 0 Å². The largest absolute Gasteiger partial charge is 0.394 e. The highest BCUT2D eigenvalue weighted by Crippen LogP contribution is 2.23. The molecule has 1 aromatic rings. The average molecular weight is 245 g/mol. The van der Waals surface area contributed by atoms with Crippen LogP contribution in [0.15, 0.2) is 24.3 Å². The van der Waals surface area contributed by atoms with E-state index in [4.69, 9.17) is 5.26 Å². The topological polar surface area (TPSA) is 50.5 Å². The quantitative estimate of drug-likeness (QED) is 0.846. The summed E-state index contributed by atoms with van der Waals surface area (Å²) in [6, 6.07) is 10.3. The van der Waals surface area contributed by atoms with E-state index >= 15 is 0 Å². The second-order valence-electron chi connectivity index (χ2n) is 4.94. The molecule has 4 heteroatoms. The molecule has 1 aliphatic rings. The molecule has 1 aromatic carbocycles. The van der Waals surface area contributed by atoms with Crippen molar-refractivity contribution in [1.82, 2.24) is 4.90 Å². The zero-order valence-corrected chi connectivity index (χ0v) is 10.9. The Labute approximate surface area is 108 Å². The number of anilines is 1. The van der Waals surface area contributed by atoms with Crippen molar-refractivity contribution in [2.45, 2.75) is 19.0 Å². The van der Waals surface area contributed by atoms with Crippen LogP contribution in [0.4, 0.5) is 5.69 Å². The lowest BCUT2D eigenvalue weighted by Crippen LogP contribution is -2.57. The lowest BCUT2D eigenvalue weighted by Gasteiger charge is -2.44. The first-order chi connectivity index (χ1) is 8.65. The van der Waals surface area contributed by atoms with E-state index in [2.05, 4.69) is 29.8 Å². The van der Waals surface area contributed by atoms with Gasteiger partial charge in [0.2, 0.25) is 0 Å². The minimum atomic E-state index is 0.0974. The molecule has 1 N–H and O–H groups in total. The van der Waals surface area contributed by atoms with E-state index in [1.54, 1.807) is 6.07 Å². The van der Waals surface area contributed by atoms with Gasteiger partial charge in [0.25, 0.3) is 0 Å². The van der Waals surface area contributed by atoms with Crippen molar-refractivity contribution in [2.75, 3.05) is 31.6 Å². The number of benzene rings is 1. The molecule has 1 fully saturated rings. The third-order valence-corrected chi connectivity index (χ3v) is 3.67. The number of piperazine rings is 1. The van der Waals surface area contributed by atoms with Crippen LogP contribution in [0.1, 0.15) is 12.5 Å². The number of hydrogen-bond acceptors (Lipinski definition) is 4. The lowest BCUT2D eigenvalue weighted by atomic mass is 10.1. The first-order valence-corrected chi connectivity index (χ1v) is 6.23. The summed E-state index contributed by atoms with van der Waals surface area (Å²) in [5.74, 6) is 0. The average Bonchev–Trinajstić information content (AvgIpc) is 2.41. The van der Waals surface area contributed by atoms with Crippen LogP contribution in [0.3, 0.4) is 0 Å². The minimum Gasteiger partial charge on any atom is -0.394 e. The van der Waals surface area contributed by atoms with Gasteiger partial charge in [-0.25, -0.2) is 0 Å². The summed E-state index contributed by atoms with van der Waals surface area (Å²) < 4.78 is 0. The van der Waals surface area contributed by atoms with E-state index in [-0.39, 0.29) is 12.6 Å². The second-order valence-corrected chi connectivity index (χ2v) is 4.94. The first-order valence-electron chi connectivity index (χ1n) is 6.23. The molecular weight excluding hydrogens is 226 g/mol. The van der Waals surface area contributed by atoms with Crippen LogP contribution in [-0.4, -0.2) is 48.8 Å². The standard InChI is InChI=1S/C14H19N3O/c1-11-8-17(14(10-18)9-16(11)2)13-5-3-4-12(6-13)7-15/h3-6,11,14,18H,8-10H2,1-2H3. The van der Waals surface area contributed by atoms with Gasteiger partial charge in [0.1, 0.15) is 0 Å². The van der Waals surface area contributed by atoms with Crippen LogP contribution in [0.5, 0.6) is 0 Å².